The van der Waals surface area contributed by atoms with E-state index in [1.165, 1.54) is 56.1 Å². The van der Waals surface area contributed by atoms with Crippen LogP contribution in [0.3, 0.4) is 0 Å². The standard InChI is InChI=1S/C31H32/c1-4-11-23-14-10-17-27(20-23)31-26(13-6-3)22-29(25-15-8-7-9-16-25)28-19-18-24(12-5-2)21-30(28)31/h6-10,13-22H,4-5,11-12H2,1-3H3/b13-6-. The molecule has 0 heterocycles. The molecule has 0 unspecified atom stereocenters. The second-order valence-corrected chi connectivity index (χ2v) is 8.33. The summed E-state index contributed by atoms with van der Waals surface area (Å²) < 4.78 is 0. The van der Waals surface area contributed by atoms with Gasteiger partial charge in [0.2, 0.25) is 0 Å². The Labute approximate surface area is 187 Å². The fraction of sp³-hybridized carbons (Fsp3) is 0.226. The molecular weight excluding hydrogens is 372 g/mol. The van der Waals surface area contributed by atoms with Gasteiger partial charge in [-0.25, -0.2) is 0 Å². The van der Waals surface area contributed by atoms with Crippen LogP contribution in [0.1, 0.15) is 50.3 Å². The molecule has 0 aliphatic rings. The van der Waals surface area contributed by atoms with Crippen molar-refractivity contribution in [2.24, 2.45) is 0 Å². The lowest BCUT2D eigenvalue weighted by atomic mass is 9.86. The van der Waals surface area contributed by atoms with E-state index in [9.17, 15) is 0 Å². The van der Waals surface area contributed by atoms with Crippen LogP contribution in [0.15, 0.2) is 84.9 Å². The Morgan fingerprint density at radius 1 is 0.645 bits per heavy atom. The second-order valence-electron chi connectivity index (χ2n) is 8.33. The third-order valence-electron chi connectivity index (χ3n) is 5.96. The first-order valence-electron chi connectivity index (χ1n) is 11.6. The van der Waals surface area contributed by atoms with Gasteiger partial charge in [-0.05, 0) is 75.5 Å². The minimum absolute atomic E-state index is 1.11. The summed E-state index contributed by atoms with van der Waals surface area (Å²) in [6.45, 7) is 6.61. The molecule has 4 aromatic rings. The van der Waals surface area contributed by atoms with E-state index in [0.29, 0.717) is 0 Å². The third kappa shape index (κ3) is 4.49. The van der Waals surface area contributed by atoms with E-state index in [1.807, 2.05) is 0 Å². The Kier molecular flexibility index (Phi) is 6.67. The van der Waals surface area contributed by atoms with E-state index in [1.54, 1.807) is 0 Å². The lowest BCUT2D eigenvalue weighted by molar-refractivity contribution is 0.922. The zero-order valence-corrected chi connectivity index (χ0v) is 19.0. The fourth-order valence-corrected chi connectivity index (χ4v) is 4.60. The van der Waals surface area contributed by atoms with Gasteiger partial charge >= 0.3 is 0 Å². The van der Waals surface area contributed by atoms with Crippen molar-refractivity contribution in [3.8, 4) is 22.3 Å². The number of allylic oxidation sites excluding steroid dienone is 1. The Morgan fingerprint density at radius 2 is 1.35 bits per heavy atom. The third-order valence-corrected chi connectivity index (χ3v) is 5.96. The van der Waals surface area contributed by atoms with Gasteiger partial charge in [0.1, 0.15) is 0 Å². The highest BCUT2D eigenvalue weighted by atomic mass is 14.2. The van der Waals surface area contributed by atoms with Gasteiger partial charge in [-0.15, -0.1) is 0 Å². The van der Waals surface area contributed by atoms with Gasteiger partial charge in [0.05, 0.1) is 0 Å². The number of fused-ring (bicyclic) bond motifs is 1. The Hall–Kier alpha value is -3.12. The highest BCUT2D eigenvalue weighted by molar-refractivity contribution is 6.08. The highest BCUT2D eigenvalue weighted by Gasteiger charge is 2.15. The molecule has 0 heteroatoms. The number of hydrogen-bond acceptors (Lipinski definition) is 0. The predicted molar refractivity (Wildman–Crippen MR) is 138 cm³/mol. The van der Waals surface area contributed by atoms with Crippen molar-refractivity contribution in [2.75, 3.05) is 0 Å². The molecule has 4 rings (SSSR count). The minimum Gasteiger partial charge on any atom is -0.0870 e. The van der Waals surface area contributed by atoms with Gasteiger partial charge in [0, 0.05) is 0 Å². The van der Waals surface area contributed by atoms with E-state index in [-0.39, 0.29) is 0 Å². The van der Waals surface area contributed by atoms with E-state index >= 15 is 0 Å². The van der Waals surface area contributed by atoms with Crippen LogP contribution in [0.4, 0.5) is 0 Å². The van der Waals surface area contributed by atoms with E-state index < -0.39 is 0 Å². The molecular formula is C31H32. The first-order valence-corrected chi connectivity index (χ1v) is 11.6. The molecule has 0 saturated carbocycles. The van der Waals surface area contributed by atoms with Gasteiger partial charge < -0.3 is 0 Å². The van der Waals surface area contributed by atoms with Crippen LogP contribution in [0.2, 0.25) is 0 Å². The van der Waals surface area contributed by atoms with E-state index in [2.05, 4.69) is 112 Å². The topological polar surface area (TPSA) is 0 Å². The summed E-state index contributed by atoms with van der Waals surface area (Å²) in [5.41, 5.74) is 9.36. The largest absolute Gasteiger partial charge is 0.0870 e. The van der Waals surface area contributed by atoms with Crippen molar-refractivity contribution in [1.82, 2.24) is 0 Å². The molecule has 0 aromatic heterocycles. The van der Waals surface area contributed by atoms with Crippen molar-refractivity contribution in [3.63, 3.8) is 0 Å². The van der Waals surface area contributed by atoms with Crippen molar-refractivity contribution in [2.45, 2.75) is 46.5 Å². The van der Waals surface area contributed by atoms with Crippen molar-refractivity contribution in [1.29, 1.82) is 0 Å². The zero-order chi connectivity index (χ0) is 21.6. The molecule has 0 saturated heterocycles. The number of aryl methyl sites for hydroxylation is 2. The average Bonchev–Trinajstić information content (AvgIpc) is 2.80. The molecule has 31 heavy (non-hydrogen) atoms. The Balaban J connectivity index is 2.07. The summed E-state index contributed by atoms with van der Waals surface area (Å²) in [4.78, 5) is 0. The lowest BCUT2D eigenvalue weighted by Gasteiger charge is -2.18. The molecule has 0 bridgehead atoms. The van der Waals surface area contributed by atoms with Gasteiger partial charge in [0.15, 0.2) is 0 Å². The first kappa shape index (κ1) is 21.1. The summed E-state index contributed by atoms with van der Waals surface area (Å²) in [6, 6.07) is 29.4. The van der Waals surface area contributed by atoms with Gasteiger partial charge in [-0.3, -0.25) is 0 Å². The Bertz CT molecular complexity index is 1200. The quantitative estimate of drug-likeness (QED) is 0.288. The fourth-order valence-electron chi connectivity index (χ4n) is 4.60. The van der Waals surface area contributed by atoms with Gasteiger partial charge in [-0.2, -0.15) is 0 Å². The summed E-state index contributed by atoms with van der Waals surface area (Å²) in [5.74, 6) is 0. The van der Waals surface area contributed by atoms with Gasteiger partial charge in [-0.1, -0.05) is 112 Å². The molecule has 0 radical (unpaired) electrons. The van der Waals surface area contributed by atoms with Crippen LogP contribution in [-0.4, -0.2) is 0 Å². The van der Waals surface area contributed by atoms with Gasteiger partial charge in [0.25, 0.3) is 0 Å². The average molecular weight is 405 g/mol. The molecule has 4 aromatic carbocycles. The van der Waals surface area contributed by atoms with Crippen LogP contribution in [0.25, 0.3) is 39.1 Å². The maximum atomic E-state index is 2.43. The van der Waals surface area contributed by atoms with Crippen LogP contribution < -0.4 is 0 Å². The molecule has 0 aliphatic carbocycles. The second kappa shape index (κ2) is 9.79. The molecule has 0 amide bonds. The lowest BCUT2D eigenvalue weighted by Crippen LogP contribution is -1.94. The number of rotatable bonds is 7. The molecule has 0 atom stereocenters. The van der Waals surface area contributed by atoms with Crippen LogP contribution in [0.5, 0.6) is 0 Å². The van der Waals surface area contributed by atoms with Crippen molar-refractivity contribution >= 4 is 16.8 Å². The summed E-state index contributed by atoms with van der Waals surface area (Å²) in [7, 11) is 0. The highest BCUT2D eigenvalue weighted by Crippen LogP contribution is 2.40. The molecule has 0 spiro atoms. The SMILES string of the molecule is C/C=C\c1cc(-c2ccccc2)c2ccc(CCC)cc2c1-c1cccc(CCC)c1. The molecule has 0 nitrogen and oxygen atoms in total. The minimum atomic E-state index is 1.11. The summed E-state index contributed by atoms with van der Waals surface area (Å²) >= 11 is 0. The summed E-state index contributed by atoms with van der Waals surface area (Å²) in [5, 5.41) is 2.68. The molecule has 0 N–H and O–H groups in total. The molecule has 0 fully saturated rings. The maximum Gasteiger partial charge on any atom is -0.00323 e. The monoisotopic (exact) mass is 404 g/mol. The van der Waals surface area contributed by atoms with E-state index in [4.69, 9.17) is 0 Å². The number of benzene rings is 4. The van der Waals surface area contributed by atoms with Crippen LogP contribution in [0, 0.1) is 0 Å². The number of hydrogen-bond donors (Lipinski definition) is 0. The zero-order valence-electron chi connectivity index (χ0n) is 19.0. The van der Waals surface area contributed by atoms with Crippen LogP contribution >= 0.6 is 0 Å². The van der Waals surface area contributed by atoms with Crippen molar-refractivity contribution < 1.29 is 0 Å². The van der Waals surface area contributed by atoms with E-state index in [0.717, 1.165) is 19.3 Å². The first-order chi connectivity index (χ1) is 15.2. The smallest absolute Gasteiger partial charge is 0.00323 e. The maximum absolute atomic E-state index is 2.43. The Morgan fingerprint density at radius 3 is 2.06 bits per heavy atom. The van der Waals surface area contributed by atoms with Crippen molar-refractivity contribution in [3.05, 3.63) is 102 Å². The normalized spacial score (nSPS) is 11.5. The molecule has 156 valence electrons. The summed E-state index contributed by atoms with van der Waals surface area (Å²) in [6.07, 6.45) is 8.98. The van der Waals surface area contributed by atoms with Crippen LogP contribution in [-0.2, 0) is 12.8 Å². The molecule has 0 aliphatic heterocycles. The predicted octanol–water partition coefficient (Wildman–Crippen LogP) is 9.11.